The average Bonchev–Trinajstić information content (AvgIpc) is 3.82. The number of nitrogens with zero attached hydrogens (tertiary/aromatic N) is 2. The molecule has 262 valence electrons. The number of fused-ring (bicyclic) bond motifs is 6. The lowest BCUT2D eigenvalue weighted by Crippen LogP contribution is -1.97. The molecule has 8 aromatic carbocycles. The molecule has 2 nitrogen and oxygen atoms in total. The molecule has 0 saturated carbocycles. The fourth-order valence-electron chi connectivity index (χ4n) is 8.44. The van der Waals surface area contributed by atoms with Gasteiger partial charge in [-0.3, -0.25) is 0 Å². The number of rotatable bonds is 6. The van der Waals surface area contributed by atoms with E-state index in [1.807, 2.05) is 11.3 Å². The van der Waals surface area contributed by atoms with E-state index in [9.17, 15) is 0 Å². The summed E-state index contributed by atoms with van der Waals surface area (Å²) < 4.78 is 5.09. The van der Waals surface area contributed by atoms with Gasteiger partial charge in [0.25, 0.3) is 0 Å². The molecule has 0 amide bonds. The Morgan fingerprint density at radius 3 is 1.79 bits per heavy atom. The zero-order valence-corrected chi connectivity index (χ0v) is 31.2. The van der Waals surface area contributed by atoms with Crippen LogP contribution in [0.2, 0.25) is 0 Å². The number of pyridine rings is 1. The predicted octanol–water partition coefficient (Wildman–Crippen LogP) is 14.9. The maximum atomic E-state index is 5.31. The molecule has 0 N–H and O–H groups in total. The van der Waals surface area contributed by atoms with E-state index in [0.29, 0.717) is 0 Å². The molecule has 0 fully saturated rings. The Morgan fingerprint density at radius 2 is 0.946 bits per heavy atom. The summed E-state index contributed by atoms with van der Waals surface area (Å²) in [5, 5.41) is 5.07. The minimum absolute atomic E-state index is 0.952. The van der Waals surface area contributed by atoms with E-state index >= 15 is 0 Å². The lowest BCUT2D eigenvalue weighted by Gasteiger charge is -2.15. The lowest BCUT2D eigenvalue weighted by atomic mass is 9.94. The first-order valence-corrected chi connectivity index (χ1v) is 19.9. The SMILES string of the molecule is c1ccc(-c2cc(-c3ccccc3)nc(-c3ccccc3-c3ccc4c(c3)c3ccccc3n4-c3ccccc3-c3cccc4c3sc3ccccc34)c2)cc1. The number of hydrogen-bond donors (Lipinski definition) is 0. The number of aromatic nitrogens is 2. The van der Waals surface area contributed by atoms with Gasteiger partial charge in [-0.2, -0.15) is 0 Å². The smallest absolute Gasteiger partial charge is 0.0721 e. The van der Waals surface area contributed by atoms with Crippen molar-refractivity contribution in [2.75, 3.05) is 0 Å². The standard InChI is InChI=1S/C53H34N2S/c1-3-16-35(17-4-1)38-33-47(36-18-5-2-6-19-36)54-48(34-38)40-21-8-7-20-39(40)37-30-31-51-46(32-37)42-23-10-13-28-50(42)55(51)49-27-12-9-22-41(49)44-25-15-26-45-43-24-11-14-29-52(43)56-53(44)45/h1-34H. The topological polar surface area (TPSA) is 17.8 Å². The van der Waals surface area contributed by atoms with Crippen LogP contribution in [0.5, 0.6) is 0 Å². The molecule has 3 heterocycles. The summed E-state index contributed by atoms with van der Waals surface area (Å²) in [6, 6.07) is 74.4. The summed E-state index contributed by atoms with van der Waals surface area (Å²) >= 11 is 1.88. The number of benzene rings is 8. The van der Waals surface area contributed by atoms with Crippen molar-refractivity contribution in [2.24, 2.45) is 0 Å². The van der Waals surface area contributed by atoms with Gasteiger partial charge in [-0.1, -0.05) is 164 Å². The van der Waals surface area contributed by atoms with Crippen molar-refractivity contribution in [2.45, 2.75) is 0 Å². The van der Waals surface area contributed by atoms with Crippen molar-refractivity contribution in [1.82, 2.24) is 9.55 Å². The molecule has 0 spiro atoms. The van der Waals surface area contributed by atoms with Crippen molar-refractivity contribution in [3.05, 3.63) is 206 Å². The van der Waals surface area contributed by atoms with Crippen LogP contribution in [0.1, 0.15) is 0 Å². The van der Waals surface area contributed by atoms with Crippen molar-refractivity contribution in [3.8, 4) is 61.6 Å². The fraction of sp³-hybridized carbons (Fsp3) is 0. The van der Waals surface area contributed by atoms with Gasteiger partial charge < -0.3 is 4.57 Å². The molecule has 56 heavy (non-hydrogen) atoms. The van der Waals surface area contributed by atoms with Crippen molar-refractivity contribution in [1.29, 1.82) is 0 Å². The van der Waals surface area contributed by atoms with Gasteiger partial charge in [-0.25, -0.2) is 4.98 Å². The van der Waals surface area contributed by atoms with Crippen molar-refractivity contribution in [3.63, 3.8) is 0 Å². The van der Waals surface area contributed by atoms with E-state index in [-0.39, 0.29) is 0 Å². The Morgan fingerprint density at radius 1 is 0.339 bits per heavy atom. The molecule has 11 rings (SSSR count). The molecule has 0 saturated heterocycles. The van der Waals surface area contributed by atoms with E-state index < -0.39 is 0 Å². The van der Waals surface area contributed by atoms with Gasteiger partial charge in [-0.15, -0.1) is 11.3 Å². The second kappa shape index (κ2) is 13.3. The van der Waals surface area contributed by atoms with Gasteiger partial charge in [-0.05, 0) is 64.7 Å². The van der Waals surface area contributed by atoms with Crippen LogP contribution in [-0.2, 0) is 0 Å². The minimum atomic E-state index is 0.952. The van der Waals surface area contributed by atoms with Gasteiger partial charge >= 0.3 is 0 Å². The molecular weight excluding hydrogens is 697 g/mol. The molecule has 3 aromatic heterocycles. The minimum Gasteiger partial charge on any atom is -0.309 e. The third-order valence-corrected chi connectivity index (χ3v) is 12.2. The van der Waals surface area contributed by atoms with Gasteiger partial charge in [0.2, 0.25) is 0 Å². The Labute approximate surface area is 329 Å². The van der Waals surface area contributed by atoms with E-state index in [1.54, 1.807) is 0 Å². The van der Waals surface area contributed by atoms with Crippen LogP contribution in [-0.4, -0.2) is 9.55 Å². The van der Waals surface area contributed by atoms with Gasteiger partial charge in [0.1, 0.15) is 0 Å². The summed E-state index contributed by atoms with van der Waals surface area (Å²) in [5.74, 6) is 0. The zero-order chi connectivity index (χ0) is 37.0. The molecule has 0 aliphatic heterocycles. The van der Waals surface area contributed by atoms with Crippen LogP contribution >= 0.6 is 11.3 Å². The predicted molar refractivity (Wildman–Crippen MR) is 239 cm³/mol. The van der Waals surface area contributed by atoms with Crippen LogP contribution < -0.4 is 0 Å². The van der Waals surface area contributed by atoms with E-state index in [4.69, 9.17) is 4.98 Å². The Hall–Kier alpha value is -7.07. The molecule has 0 atom stereocenters. The molecule has 11 aromatic rings. The monoisotopic (exact) mass is 730 g/mol. The maximum Gasteiger partial charge on any atom is 0.0721 e. The third kappa shape index (κ3) is 5.36. The van der Waals surface area contributed by atoms with Crippen LogP contribution in [0.4, 0.5) is 0 Å². The molecule has 0 radical (unpaired) electrons. The first-order valence-electron chi connectivity index (χ1n) is 19.0. The van der Waals surface area contributed by atoms with E-state index in [2.05, 4.69) is 211 Å². The van der Waals surface area contributed by atoms with Gasteiger partial charge in [0, 0.05) is 53.2 Å². The molecule has 0 aliphatic carbocycles. The largest absolute Gasteiger partial charge is 0.309 e. The molecule has 0 unspecified atom stereocenters. The second-order valence-electron chi connectivity index (χ2n) is 14.3. The summed E-state index contributed by atoms with van der Waals surface area (Å²) in [5.41, 5.74) is 14.8. The fourth-order valence-corrected chi connectivity index (χ4v) is 9.67. The highest BCUT2D eigenvalue weighted by atomic mass is 32.1. The van der Waals surface area contributed by atoms with Crippen LogP contribution in [0.25, 0.3) is 104 Å². The van der Waals surface area contributed by atoms with E-state index in [0.717, 1.165) is 39.2 Å². The van der Waals surface area contributed by atoms with Gasteiger partial charge in [0.05, 0.1) is 28.1 Å². The zero-order valence-electron chi connectivity index (χ0n) is 30.4. The lowest BCUT2D eigenvalue weighted by molar-refractivity contribution is 1.18. The van der Waals surface area contributed by atoms with E-state index in [1.165, 1.54) is 64.4 Å². The highest BCUT2D eigenvalue weighted by molar-refractivity contribution is 7.26. The maximum absolute atomic E-state index is 5.31. The molecule has 0 bridgehead atoms. The summed E-state index contributed by atoms with van der Waals surface area (Å²) in [4.78, 5) is 5.31. The van der Waals surface area contributed by atoms with Crippen LogP contribution in [0, 0.1) is 0 Å². The Balaban J connectivity index is 1.10. The number of para-hydroxylation sites is 2. The number of hydrogen-bond acceptors (Lipinski definition) is 2. The summed E-state index contributed by atoms with van der Waals surface area (Å²) in [6.07, 6.45) is 0. The number of thiophene rings is 1. The average molecular weight is 731 g/mol. The first-order chi connectivity index (χ1) is 27.8. The van der Waals surface area contributed by atoms with Crippen molar-refractivity contribution >= 4 is 53.3 Å². The van der Waals surface area contributed by atoms with Crippen molar-refractivity contribution < 1.29 is 0 Å². The summed E-state index contributed by atoms with van der Waals surface area (Å²) in [7, 11) is 0. The molecule has 3 heteroatoms. The highest BCUT2D eigenvalue weighted by Gasteiger charge is 2.19. The highest BCUT2D eigenvalue weighted by Crippen LogP contribution is 2.44. The first kappa shape index (κ1) is 32.4. The van der Waals surface area contributed by atoms with Gasteiger partial charge in [0.15, 0.2) is 0 Å². The normalized spacial score (nSPS) is 11.6. The quantitative estimate of drug-likeness (QED) is 0.167. The third-order valence-electron chi connectivity index (χ3n) is 11.0. The van der Waals surface area contributed by atoms with Crippen LogP contribution in [0.3, 0.4) is 0 Å². The Kier molecular flexibility index (Phi) is 7.72. The summed E-state index contributed by atoms with van der Waals surface area (Å²) in [6.45, 7) is 0. The molecule has 0 aliphatic rings. The molecular formula is C53H34N2S. The second-order valence-corrected chi connectivity index (χ2v) is 15.3. The van der Waals surface area contributed by atoms with Crippen LogP contribution in [0.15, 0.2) is 206 Å². The Bertz CT molecular complexity index is 3190.